The number of rotatable bonds is 2. The third kappa shape index (κ3) is 1.98. The molecule has 0 heterocycles. The lowest BCUT2D eigenvalue weighted by Crippen LogP contribution is -1.89. The van der Waals surface area contributed by atoms with Crippen LogP contribution in [0, 0.1) is 18.7 Å². The molecule has 59 valence electrons. The van der Waals surface area contributed by atoms with Gasteiger partial charge in [0.25, 0.3) is 0 Å². The molecule has 0 aliphatic rings. The summed E-state index contributed by atoms with van der Waals surface area (Å²) in [6, 6.07) is 3.59. The molecule has 1 rings (SSSR count). The van der Waals surface area contributed by atoms with Crippen LogP contribution in [0.25, 0.3) is 0 Å². The molecule has 11 heavy (non-hydrogen) atoms. The lowest BCUT2D eigenvalue weighted by atomic mass is 10.2. The number of ether oxygens (including phenoxy) is 1. The molecule has 1 aromatic rings. The smallest absolute Gasteiger partial charge is 0.159 e. The summed E-state index contributed by atoms with van der Waals surface area (Å²) in [6.07, 6.45) is 0. The number of hydrogen-bond acceptors (Lipinski definition) is 1. The molecule has 0 N–H and O–H groups in total. The van der Waals surface area contributed by atoms with Gasteiger partial charge < -0.3 is 4.74 Å². The minimum atomic E-state index is -0.862. The Morgan fingerprint density at radius 2 is 2.00 bits per heavy atom. The summed E-state index contributed by atoms with van der Waals surface area (Å²) in [7, 11) is 3.12. The molecule has 1 nitrogen and oxygen atoms in total. The third-order valence-electron chi connectivity index (χ3n) is 1.25. The molecular formula is C8H7F2O. The highest BCUT2D eigenvalue weighted by Crippen LogP contribution is 2.08. The standard InChI is InChI=1S/C8H7F2O/c1-11-5-6-2-3-7(9)8(10)4-6/h2-4H,1,5H2. The fraction of sp³-hybridized carbons (Fsp3) is 0.125. The SMILES string of the molecule is [CH2]OCc1ccc(F)c(F)c1. The average molecular weight is 157 g/mol. The molecule has 0 aliphatic heterocycles. The van der Waals surface area contributed by atoms with Crippen LogP contribution in [0.15, 0.2) is 18.2 Å². The summed E-state index contributed by atoms with van der Waals surface area (Å²) in [5, 5.41) is 0. The Morgan fingerprint density at radius 3 is 2.55 bits per heavy atom. The van der Waals surface area contributed by atoms with E-state index in [9.17, 15) is 8.78 Å². The van der Waals surface area contributed by atoms with Crippen molar-refractivity contribution in [3.05, 3.63) is 42.5 Å². The Morgan fingerprint density at radius 1 is 1.27 bits per heavy atom. The van der Waals surface area contributed by atoms with Gasteiger partial charge in [-0.25, -0.2) is 8.78 Å². The fourth-order valence-electron chi connectivity index (χ4n) is 0.747. The van der Waals surface area contributed by atoms with E-state index in [2.05, 4.69) is 11.8 Å². The van der Waals surface area contributed by atoms with E-state index in [0.717, 1.165) is 12.1 Å². The van der Waals surface area contributed by atoms with Crippen molar-refractivity contribution in [2.24, 2.45) is 0 Å². The molecule has 0 saturated carbocycles. The van der Waals surface area contributed by atoms with Crippen LogP contribution >= 0.6 is 0 Å². The monoisotopic (exact) mass is 157 g/mol. The molecule has 0 atom stereocenters. The van der Waals surface area contributed by atoms with E-state index < -0.39 is 11.6 Å². The zero-order valence-corrected chi connectivity index (χ0v) is 5.81. The maximum atomic E-state index is 12.5. The molecule has 0 fully saturated rings. The van der Waals surface area contributed by atoms with Crippen LogP contribution in [0.1, 0.15) is 5.56 Å². The van der Waals surface area contributed by atoms with E-state index in [1.54, 1.807) is 0 Å². The first-order valence-electron chi connectivity index (χ1n) is 3.05. The minimum Gasteiger partial charge on any atom is -0.374 e. The molecule has 0 saturated heterocycles. The Labute approximate surface area is 63.6 Å². The van der Waals surface area contributed by atoms with Crippen LogP contribution in [0.5, 0.6) is 0 Å². The summed E-state index contributed by atoms with van der Waals surface area (Å²) >= 11 is 0. The van der Waals surface area contributed by atoms with Crippen LogP contribution in [-0.2, 0) is 11.3 Å². The van der Waals surface area contributed by atoms with Gasteiger partial charge in [0.15, 0.2) is 11.6 Å². The Hall–Kier alpha value is -0.960. The first-order valence-corrected chi connectivity index (χ1v) is 3.05. The van der Waals surface area contributed by atoms with Gasteiger partial charge >= 0.3 is 0 Å². The van der Waals surface area contributed by atoms with Gasteiger partial charge in [0.2, 0.25) is 0 Å². The highest BCUT2D eigenvalue weighted by Gasteiger charge is 2.00. The van der Waals surface area contributed by atoms with Crippen molar-refractivity contribution >= 4 is 0 Å². The quantitative estimate of drug-likeness (QED) is 0.639. The van der Waals surface area contributed by atoms with E-state index in [0.29, 0.717) is 5.56 Å². The normalized spacial score (nSPS) is 10.1. The second kappa shape index (κ2) is 3.44. The van der Waals surface area contributed by atoms with E-state index in [-0.39, 0.29) is 6.61 Å². The number of halogens is 2. The molecule has 1 radical (unpaired) electrons. The molecule has 0 spiro atoms. The van der Waals surface area contributed by atoms with Crippen molar-refractivity contribution in [1.82, 2.24) is 0 Å². The van der Waals surface area contributed by atoms with Gasteiger partial charge in [-0.3, -0.25) is 0 Å². The van der Waals surface area contributed by atoms with Crippen LogP contribution in [0.2, 0.25) is 0 Å². The van der Waals surface area contributed by atoms with Crippen molar-refractivity contribution < 1.29 is 13.5 Å². The summed E-state index contributed by atoms with van der Waals surface area (Å²) in [4.78, 5) is 0. The maximum absolute atomic E-state index is 12.5. The highest BCUT2D eigenvalue weighted by atomic mass is 19.2. The lowest BCUT2D eigenvalue weighted by Gasteiger charge is -1.98. The maximum Gasteiger partial charge on any atom is 0.159 e. The van der Waals surface area contributed by atoms with E-state index >= 15 is 0 Å². The Bertz CT molecular complexity index is 248. The van der Waals surface area contributed by atoms with Crippen LogP contribution in [0.3, 0.4) is 0 Å². The molecule has 0 unspecified atom stereocenters. The predicted molar refractivity (Wildman–Crippen MR) is 36.5 cm³/mol. The van der Waals surface area contributed by atoms with Gasteiger partial charge in [0.05, 0.1) is 13.7 Å². The molecule has 0 bridgehead atoms. The molecule has 3 heteroatoms. The fourth-order valence-corrected chi connectivity index (χ4v) is 0.747. The second-order valence-corrected chi connectivity index (χ2v) is 2.10. The minimum absolute atomic E-state index is 0.192. The molecule has 0 aromatic heterocycles. The van der Waals surface area contributed by atoms with Crippen molar-refractivity contribution in [2.45, 2.75) is 6.61 Å². The van der Waals surface area contributed by atoms with Gasteiger partial charge in [0, 0.05) is 0 Å². The number of hydrogen-bond donors (Lipinski definition) is 0. The van der Waals surface area contributed by atoms with Gasteiger partial charge in [0.1, 0.15) is 0 Å². The number of benzene rings is 1. The molecule has 0 amide bonds. The largest absolute Gasteiger partial charge is 0.374 e. The Balaban J connectivity index is 2.86. The summed E-state index contributed by atoms with van der Waals surface area (Å²) in [5.41, 5.74) is 0.568. The van der Waals surface area contributed by atoms with Gasteiger partial charge in [-0.2, -0.15) is 0 Å². The summed E-state index contributed by atoms with van der Waals surface area (Å²) < 4.78 is 29.2. The Kier molecular flexibility index (Phi) is 2.54. The first kappa shape index (κ1) is 8.14. The summed E-state index contributed by atoms with van der Waals surface area (Å²) in [5.74, 6) is -1.71. The van der Waals surface area contributed by atoms with Crippen LogP contribution < -0.4 is 0 Å². The zero-order chi connectivity index (χ0) is 8.27. The van der Waals surface area contributed by atoms with E-state index in [1.807, 2.05) is 0 Å². The zero-order valence-electron chi connectivity index (χ0n) is 5.81. The van der Waals surface area contributed by atoms with Crippen molar-refractivity contribution in [2.75, 3.05) is 0 Å². The molecule has 1 aromatic carbocycles. The summed E-state index contributed by atoms with van der Waals surface area (Å²) in [6.45, 7) is 0.192. The van der Waals surface area contributed by atoms with Gasteiger partial charge in [-0.15, -0.1) is 0 Å². The van der Waals surface area contributed by atoms with Crippen LogP contribution in [-0.4, -0.2) is 0 Å². The van der Waals surface area contributed by atoms with Crippen molar-refractivity contribution in [1.29, 1.82) is 0 Å². The van der Waals surface area contributed by atoms with Gasteiger partial charge in [-0.05, 0) is 17.7 Å². The predicted octanol–water partition coefficient (Wildman–Crippen LogP) is 2.27. The van der Waals surface area contributed by atoms with E-state index in [1.165, 1.54) is 6.07 Å². The third-order valence-corrected chi connectivity index (χ3v) is 1.25. The molecular weight excluding hydrogens is 150 g/mol. The van der Waals surface area contributed by atoms with Crippen LogP contribution in [0.4, 0.5) is 8.78 Å². The highest BCUT2D eigenvalue weighted by molar-refractivity contribution is 5.16. The first-order chi connectivity index (χ1) is 5.24. The topological polar surface area (TPSA) is 9.23 Å². The average Bonchev–Trinajstić information content (AvgIpc) is 1.98. The van der Waals surface area contributed by atoms with Gasteiger partial charge in [-0.1, -0.05) is 6.07 Å². The van der Waals surface area contributed by atoms with Crippen molar-refractivity contribution in [3.63, 3.8) is 0 Å². The second-order valence-electron chi connectivity index (χ2n) is 2.10. The van der Waals surface area contributed by atoms with E-state index in [4.69, 9.17) is 0 Å². The van der Waals surface area contributed by atoms with Crippen molar-refractivity contribution in [3.8, 4) is 0 Å². The molecule has 0 aliphatic carbocycles. The lowest BCUT2D eigenvalue weighted by molar-refractivity contribution is 0.228.